The minimum absolute atomic E-state index is 0.0837. The number of hydrogen-bond donors (Lipinski definition) is 2. The molecule has 1 aliphatic heterocycles. The number of methoxy groups -OCH3 is 1. The molecule has 2 N–H and O–H groups in total. The van der Waals surface area contributed by atoms with Gasteiger partial charge in [-0.15, -0.1) is 0 Å². The number of nitrogens with zero attached hydrogens (tertiary/aromatic N) is 1. The number of aliphatic hydroxyl groups is 1. The van der Waals surface area contributed by atoms with E-state index >= 15 is 0 Å². The molecule has 1 heterocycles. The van der Waals surface area contributed by atoms with Crippen LogP contribution in [-0.2, 0) is 15.0 Å². The lowest BCUT2D eigenvalue weighted by Crippen LogP contribution is -2.29. The van der Waals surface area contributed by atoms with Crippen LogP contribution in [0.3, 0.4) is 0 Å². The molecule has 0 aliphatic carbocycles. The van der Waals surface area contributed by atoms with Crippen LogP contribution in [0.4, 0.5) is 10.1 Å². The maximum Gasteiger partial charge on any atom is 0.300 e. The Morgan fingerprint density at radius 3 is 2.34 bits per heavy atom. The van der Waals surface area contributed by atoms with Crippen LogP contribution in [0, 0.1) is 5.82 Å². The van der Waals surface area contributed by atoms with Crippen molar-refractivity contribution in [3.63, 3.8) is 0 Å². The van der Waals surface area contributed by atoms with Gasteiger partial charge >= 0.3 is 0 Å². The van der Waals surface area contributed by atoms with Gasteiger partial charge in [-0.05, 0) is 59.0 Å². The Morgan fingerprint density at radius 2 is 1.71 bits per heavy atom. The standard InChI is InChI=1S/C28H26FNO5/c1-28(2,3)17-11-12-22(35-4)21(14-17)25(32)23-24(16-7-5-10-20(31)13-16)30(27(34)26(23)33)19-9-6-8-18(29)15-19/h5-15,24,31-32H,1-4H3/b25-23+. The van der Waals surface area contributed by atoms with Crippen LogP contribution >= 0.6 is 0 Å². The molecule has 0 aromatic heterocycles. The van der Waals surface area contributed by atoms with Gasteiger partial charge in [0.25, 0.3) is 11.7 Å². The van der Waals surface area contributed by atoms with Crippen molar-refractivity contribution in [1.82, 2.24) is 0 Å². The second kappa shape index (κ2) is 8.91. The fourth-order valence-electron chi connectivity index (χ4n) is 4.24. The molecule has 0 bridgehead atoms. The molecule has 1 unspecified atom stereocenters. The number of phenols is 1. The number of carbonyl (C=O) groups is 2. The van der Waals surface area contributed by atoms with Gasteiger partial charge in [-0.25, -0.2) is 4.39 Å². The number of rotatable bonds is 4. The van der Waals surface area contributed by atoms with Gasteiger partial charge < -0.3 is 14.9 Å². The third-order valence-electron chi connectivity index (χ3n) is 6.04. The van der Waals surface area contributed by atoms with E-state index in [1.807, 2.05) is 26.8 Å². The van der Waals surface area contributed by atoms with E-state index in [1.165, 1.54) is 37.4 Å². The van der Waals surface area contributed by atoms with E-state index in [0.717, 1.165) is 16.5 Å². The largest absolute Gasteiger partial charge is 0.508 e. The molecule has 1 fully saturated rings. The molecular formula is C28H26FNO5. The summed E-state index contributed by atoms with van der Waals surface area (Å²) in [4.78, 5) is 27.7. The lowest BCUT2D eigenvalue weighted by Gasteiger charge is -2.26. The van der Waals surface area contributed by atoms with Crippen molar-refractivity contribution in [1.29, 1.82) is 0 Å². The lowest BCUT2D eigenvalue weighted by atomic mass is 9.85. The van der Waals surface area contributed by atoms with Crippen molar-refractivity contribution < 1.29 is 28.9 Å². The number of aromatic hydroxyl groups is 1. The van der Waals surface area contributed by atoms with Crippen molar-refractivity contribution in [2.24, 2.45) is 0 Å². The van der Waals surface area contributed by atoms with Crippen LogP contribution in [0.15, 0.2) is 72.3 Å². The normalized spacial score (nSPS) is 17.6. The molecule has 35 heavy (non-hydrogen) atoms. The van der Waals surface area contributed by atoms with E-state index < -0.39 is 29.3 Å². The smallest absolute Gasteiger partial charge is 0.300 e. The fraction of sp³-hybridized carbons (Fsp3) is 0.214. The van der Waals surface area contributed by atoms with Crippen molar-refractivity contribution in [2.45, 2.75) is 32.2 Å². The number of halogens is 1. The SMILES string of the molecule is COc1ccc(C(C)(C)C)cc1/C(O)=C1\C(=O)C(=O)N(c2cccc(F)c2)C1c1cccc(O)c1. The highest BCUT2D eigenvalue weighted by Gasteiger charge is 2.47. The Morgan fingerprint density at radius 1 is 1.00 bits per heavy atom. The first-order chi connectivity index (χ1) is 16.5. The molecule has 1 saturated heterocycles. The number of hydrogen-bond acceptors (Lipinski definition) is 5. The van der Waals surface area contributed by atoms with Crippen LogP contribution in [0.25, 0.3) is 5.76 Å². The second-order valence-electron chi connectivity index (χ2n) is 9.41. The van der Waals surface area contributed by atoms with E-state index in [-0.39, 0.29) is 28.0 Å². The lowest BCUT2D eigenvalue weighted by molar-refractivity contribution is -0.132. The number of phenolic OH excluding ortho intramolecular Hbond substituents is 1. The summed E-state index contributed by atoms with van der Waals surface area (Å²) in [7, 11) is 1.45. The first-order valence-corrected chi connectivity index (χ1v) is 11.1. The minimum Gasteiger partial charge on any atom is -0.508 e. The van der Waals surface area contributed by atoms with E-state index in [2.05, 4.69) is 0 Å². The van der Waals surface area contributed by atoms with Gasteiger partial charge in [0.15, 0.2) is 0 Å². The molecule has 1 aliphatic rings. The summed E-state index contributed by atoms with van der Waals surface area (Å²) >= 11 is 0. The molecule has 3 aromatic rings. The minimum atomic E-state index is -1.10. The highest BCUT2D eigenvalue weighted by molar-refractivity contribution is 6.51. The van der Waals surface area contributed by atoms with Gasteiger partial charge in [-0.2, -0.15) is 0 Å². The number of ketones is 1. The number of Topliss-reactive ketones (excluding diaryl/α,β-unsaturated/α-hetero) is 1. The quantitative estimate of drug-likeness (QED) is 0.297. The maximum absolute atomic E-state index is 14.1. The van der Waals surface area contributed by atoms with Crippen LogP contribution in [0.2, 0.25) is 0 Å². The Kier molecular flexibility index (Phi) is 6.11. The van der Waals surface area contributed by atoms with Crippen molar-refractivity contribution in [3.8, 4) is 11.5 Å². The number of carbonyl (C=O) groups excluding carboxylic acids is 2. The maximum atomic E-state index is 14.1. The van der Waals surface area contributed by atoms with E-state index in [0.29, 0.717) is 11.3 Å². The number of ether oxygens (including phenoxy) is 1. The predicted molar refractivity (Wildman–Crippen MR) is 131 cm³/mol. The predicted octanol–water partition coefficient (Wildman–Crippen LogP) is 5.46. The van der Waals surface area contributed by atoms with Crippen LogP contribution in [0.1, 0.15) is 43.5 Å². The van der Waals surface area contributed by atoms with Gasteiger partial charge in [-0.1, -0.05) is 45.0 Å². The Hall–Kier alpha value is -4.13. The molecule has 1 atom stereocenters. The van der Waals surface area contributed by atoms with Crippen LogP contribution < -0.4 is 9.64 Å². The molecule has 0 saturated carbocycles. The Bertz CT molecular complexity index is 1360. The first-order valence-electron chi connectivity index (χ1n) is 11.1. The highest BCUT2D eigenvalue weighted by atomic mass is 19.1. The average molecular weight is 476 g/mol. The highest BCUT2D eigenvalue weighted by Crippen LogP contribution is 2.44. The Labute approximate surface area is 202 Å². The van der Waals surface area contributed by atoms with Gasteiger partial charge in [0.05, 0.1) is 24.3 Å². The van der Waals surface area contributed by atoms with Crippen LogP contribution in [0.5, 0.6) is 11.5 Å². The average Bonchev–Trinajstić information content (AvgIpc) is 3.08. The number of aliphatic hydroxyl groups excluding tert-OH is 1. The zero-order valence-corrected chi connectivity index (χ0v) is 19.9. The number of amides is 1. The van der Waals surface area contributed by atoms with Gasteiger partial charge in [-0.3, -0.25) is 14.5 Å². The Balaban J connectivity index is 2.01. The molecule has 3 aromatic carbocycles. The summed E-state index contributed by atoms with van der Waals surface area (Å²) in [5.74, 6) is -2.61. The molecule has 7 heteroatoms. The zero-order valence-electron chi connectivity index (χ0n) is 19.9. The molecule has 1 amide bonds. The van der Waals surface area contributed by atoms with Gasteiger partial charge in [0, 0.05) is 5.69 Å². The summed E-state index contributed by atoms with van der Waals surface area (Å²) in [5, 5.41) is 21.6. The third-order valence-corrected chi connectivity index (χ3v) is 6.04. The van der Waals surface area contributed by atoms with Crippen molar-refractivity contribution in [3.05, 3.63) is 94.8 Å². The van der Waals surface area contributed by atoms with E-state index in [1.54, 1.807) is 24.3 Å². The number of anilines is 1. The zero-order chi connectivity index (χ0) is 25.5. The monoisotopic (exact) mass is 475 g/mol. The van der Waals surface area contributed by atoms with Crippen LogP contribution in [-0.4, -0.2) is 29.0 Å². The summed E-state index contributed by atoms with van der Waals surface area (Å²) < 4.78 is 19.5. The van der Waals surface area contributed by atoms with Gasteiger partial charge in [0.2, 0.25) is 0 Å². The van der Waals surface area contributed by atoms with Crippen molar-refractivity contribution >= 4 is 23.1 Å². The molecule has 180 valence electrons. The molecule has 0 spiro atoms. The molecule has 6 nitrogen and oxygen atoms in total. The van der Waals surface area contributed by atoms with E-state index in [4.69, 9.17) is 4.74 Å². The summed E-state index contributed by atoms with van der Waals surface area (Å²) in [6.45, 7) is 6.02. The first kappa shape index (κ1) is 24.0. The summed E-state index contributed by atoms with van der Waals surface area (Å²) in [5.41, 5.74) is 1.21. The summed E-state index contributed by atoms with van der Waals surface area (Å²) in [6, 6.07) is 15.5. The summed E-state index contributed by atoms with van der Waals surface area (Å²) in [6.07, 6.45) is 0. The van der Waals surface area contributed by atoms with E-state index in [9.17, 15) is 24.2 Å². The molecule has 0 radical (unpaired) electrons. The van der Waals surface area contributed by atoms with Crippen molar-refractivity contribution in [2.75, 3.05) is 12.0 Å². The topological polar surface area (TPSA) is 87.1 Å². The molecule has 4 rings (SSSR count). The van der Waals surface area contributed by atoms with Gasteiger partial charge in [0.1, 0.15) is 23.1 Å². The number of benzene rings is 3. The third kappa shape index (κ3) is 4.37. The fourth-order valence-corrected chi connectivity index (χ4v) is 4.24. The second-order valence-corrected chi connectivity index (χ2v) is 9.41. The molecular weight excluding hydrogens is 449 g/mol.